The van der Waals surface area contributed by atoms with Gasteiger partial charge in [0.25, 0.3) is 0 Å². The summed E-state index contributed by atoms with van der Waals surface area (Å²) < 4.78 is 0. The van der Waals surface area contributed by atoms with Crippen molar-refractivity contribution in [3.8, 4) is 0 Å². The van der Waals surface area contributed by atoms with Gasteiger partial charge in [0, 0.05) is 56.1 Å². The second-order valence-electron chi connectivity index (χ2n) is 11.0. The number of carbonyl (C=O) groups excluding carboxylic acids is 1. The summed E-state index contributed by atoms with van der Waals surface area (Å²) in [5.74, 6) is 0.245. The van der Waals surface area contributed by atoms with E-state index in [4.69, 9.17) is 0 Å². The first-order valence-electron chi connectivity index (χ1n) is 14.9. The molecule has 1 fully saturated rings. The van der Waals surface area contributed by atoms with Crippen molar-refractivity contribution in [3.05, 3.63) is 107 Å². The van der Waals surface area contributed by atoms with Crippen LogP contribution in [0, 0.1) is 5.92 Å². The molecule has 2 heterocycles. The van der Waals surface area contributed by atoms with Crippen LogP contribution >= 0.6 is 0 Å². The maximum absolute atomic E-state index is 13.3. The molecule has 2 aromatic carbocycles. The molecular weight excluding hydrogens is 480 g/mol. The lowest BCUT2D eigenvalue weighted by atomic mass is 9.87. The molecule has 0 radical (unpaired) electrons. The number of carbonyl (C=O) groups is 1. The summed E-state index contributed by atoms with van der Waals surface area (Å²) in [4.78, 5) is 21.0. The Balaban J connectivity index is 1.14. The SMILES string of the molecule is CCC1=C2C(CC=C1)C(C(=O)NCc1ccccc1)=CN2CCCN1CCCN(CCc2ccccc2)CC1. The van der Waals surface area contributed by atoms with Gasteiger partial charge in [-0.1, -0.05) is 79.7 Å². The Morgan fingerprint density at radius 3 is 2.28 bits per heavy atom. The molecule has 3 aliphatic rings. The van der Waals surface area contributed by atoms with E-state index >= 15 is 0 Å². The van der Waals surface area contributed by atoms with Gasteiger partial charge in [-0.3, -0.25) is 4.79 Å². The fraction of sp³-hybridized carbons (Fsp3) is 0.441. The summed E-state index contributed by atoms with van der Waals surface area (Å²) in [7, 11) is 0. The number of fused-ring (bicyclic) bond motifs is 1. The molecule has 1 amide bonds. The van der Waals surface area contributed by atoms with Crippen molar-refractivity contribution >= 4 is 5.91 Å². The van der Waals surface area contributed by atoms with Crippen molar-refractivity contribution in [2.75, 3.05) is 45.8 Å². The van der Waals surface area contributed by atoms with Crippen LogP contribution in [0.4, 0.5) is 0 Å². The Kier molecular flexibility index (Phi) is 9.68. The Morgan fingerprint density at radius 1 is 0.872 bits per heavy atom. The van der Waals surface area contributed by atoms with Crippen LogP contribution in [0.2, 0.25) is 0 Å². The zero-order valence-corrected chi connectivity index (χ0v) is 23.5. The summed E-state index contributed by atoms with van der Waals surface area (Å²) in [6.45, 7) is 10.7. The zero-order chi connectivity index (χ0) is 26.9. The summed E-state index contributed by atoms with van der Waals surface area (Å²) in [6, 6.07) is 21.0. The van der Waals surface area contributed by atoms with Gasteiger partial charge in [0.2, 0.25) is 5.91 Å². The summed E-state index contributed by atoms with van der Waals surface area (Å²) in [6.07, 6.45) is 12.1. The van der Waals surface area contributed by atoms with Crippen LogP contribution in [0.5, 0.6) is 0 Å². The molecule has 0 saturated carbocycles. The van der Waals surface area contributed by atoms with Gasteiger partial charge in [0.1, 0.15) is 0 Å². The largest absolute Gasteiger partial charge is 0.350 e. The van der Waals surface area contributed by atoms with Gasteiger partial charge in [0.15, 0.2) is 0 Å². The van der Waals surface area contributed by atoms with Crippen molar-refractivity contribution in [3.63, 3.8) is 0 Å². The van der Waals surface area contributed by atoms with Crippen LogP contribution in [-0.2, 0) is 17.8 Å². The third-order valence-corrected chi connectivity index (χ3v) is 8.38. The lowest BCUT2D eigenvalue weighted by Gasteiger charge is -2.28. The van der Waals surface area contributed by atoms with E-state index in [1.807, 2.05) is 18.2 Å². The first kappa shape index (κ1) is 27.4. The number of rotatable bonds is 11. The maximum atomic E-state index is 13.3. The molecule has 206 valence electrons. The lowest BCUT2D eigenvalue weighted by Crippen LogP contribution is -2.33. The highest BCUT2D eigenvalue weighted by atomic mass is 16.1. The Labute approximate surface area is 234 Å². The van der Waals surface area contributed by atoms with Gasteiger partial charge < -0.3 is 20.0 Å². The zero-order valence-electron chi connectivity index (χ0n) is 23.5. The average Bonchev–Trinajstić information content (AvgIpc) is 3.21. The van der Waals surface area contributed by atoms with Gasteiger partial charge in [-0.2, -0.15) is 0 Å². The smallest absolute Gasteiger partial charge is 0.249 e. The standard InChI is InChI=1S/C34H44N4O/c1-2-30-16-9-17-31-32(34(39)35-26-29-14-7-4-8-15-29)27-38(33(30)31)22-11-21-36-19-10-20-37(25-24-36)23-18-28-12-5-3-6-13-28/h3-9,12-16,27,31H,2,10-11,17-26H2,1H3,(H,35,39). The number of allylic oxidation sites excluding steroid dienone is 4. The highest BCUT2D eigenvalue weighted by Gasteiger charge is 2.35. The fourth-order valence-corrected chi connectivity index (χ4v) is 6.20. The van der Waals surface area contributed by atoms with Crippen LogP contribution in [0.15, 0.2) is 95.9 Å². The minimum absolute atomic E-state index is 0.0673. The molecule has 1 aliphatic carbocycles. The quantitative estimate of drug-likeness (QED) is 0.428. The first-order chi connectivity index (χ1) is 19.2. The number of benzene rings is 2. The van der Waals surface area contributed by atoms with E-state index in [1.54, 1.807) is 0 Å². The highest BCUT2D eigenvalue weighted by molar-refractivity contribution is 5.95. The highest BCUT2D eigenvalue weighted by Crippen LogP contribution is 2.40. The van der Waals surface area contributed by atoms with E-state index in [9.17, 15) is 4.79 Å². The summed E-state index contributed by atoms with van der Waals surface area (Å²) >= 11 is 0. The topological polar surface area (TPSA) is 38.8 Å². The van der Waals surface area contributed by atoms with Crippen LogP contribution in [0.1, 0.15) is 43.7 Å². The van der Waals surface area contributed by atoms with Gasteiger partial charge in [-0.15, -0.1) is 0 Å². The molecule has 1 atom stereocenters. The molecule has 5 rings (SSSR count). The van der Waals surface area contributed by atoms with Crippen LogP contribution in [-0.4, -0.2) is 66.4 Å². The summed E-state index contributed by atoms with van der Waals surface area (Å²) in [5.41, 5.74) is 6.21. The van der Waals surface area contributed by atoms with Gasteiger partial charge in [-0.05, 0) is 68.4 Å². The predicted molar refractivity (Wildman–Crippen MR) is 160 cm³/mol. The normalized spacial score (nSPS) is 20.1. The minimum atomic E-state index is 0.0673. The molecule has 5 heteroatoms. The van der Waals surface area contributed by atoms with E-state index in [0.717, 1.165) is 69.5 Å². The van der Waals surface area contributed by atoms with Crippen molar-refractivity contribution < 1.29 is 4.79 Å². The van der Waals surface area contributed by atoms with Crippen molar-refractivity contribution in [2.24, 2.45) is 5.92 Å². The molecule has 39 heavy (non-hydrogen) atoms. The third-order valence-electron chi connectivity index (χ3n) is 8.38. The summed E-state index contributed by atoms with van der Waals surface area (Å²) in [5, 5.41) is 3.17. The molecule has 2 aromatic rings. The van der Waals surface area contributed by atoms with Gasteiger partial charge in [-0.25, -0.2) is 0 Å². The van der Waals surface area contributed by atoms with Gasteiger partial charge >= 0.3 is 0 Å². The van der Waals surface area contributed by atoms with E-state index in [-0.39, 0.29) is 11.8 Å². The van der Waals surface area contributed by atoms with Crippen LogP contribution in [0.25, 0.3) is 0 Å². The van der Waals surface area contributed by atoms with E-state index < -0.39 is 0 Å². The minimum Gasteiger partial charge on any atom is -0.350 e. The maximum Gasteiger partial charge on any atom is 0.249 e. The van der Waals surface area contributed by atoms with E-state index in [2.05, 4.69) is 87.8 Å². The Morgan fingerprint density at radius 2 is 1.56 bits per heavy atom. The fourth-order valence-electron chi connectivity index (χ4n) is 6.20. The molecule has 1 N–H and O–H groups in total. The molecular formula is C34H44N4O. The second-order valence-corrected chi connectivity index (χ2v) is 11.0. The molecule has 0 aromatic heterocycles. The molecule has 5 nitrogen and oxygen atoms in total. The van der Waals surface area contributed by atoms with E-state index in [1.165, 1.54) is 36.3 Å². The van der Waals surface area contributed by atoms with Crippen LogP contribution < -0.4 is 5.32 Å². The van der Waals surface area contributed by atoms with Crippen molar-refractivity contribution in [1.82, 2.24) is 20.0 Å². The third kappa shape index (κ3) is 7.28. The molecule has 0 spiro atoms. The number of hydrogen-bond donors (Lipinski definition) is 1. The first-order valence-corrected chi connectivity index (χ1v) is 14.9. The monoisotopic (exact) mass is 524 g/mol. The second kappa shape index (κ2) is 13.8. The number of hydrogen-bond acceptors (Lipinski definition) is 4. The molecule has 0 bridgehead atoms. The number of amides is 1. The van der Waals surface area contributed by atoms with Crippen molar-refractivity contribution in [1.29, 1.82) is 0 Å². The molecule has 1 unspecified atom stereocenters. The van der Waals surface area contributed by atoms with Crippen molar-refractivity contribution in [2.45, 2.75) is 45.6 Å². The van der Waals surface area contributed by atoms with Crippen LogP contribution in [0.3, 0.4) is 0 Å². The lowest BCUT2D eigenvalue weighted by molar-refractivity contribution is -0.118. The van der Waals surface area contributed by atoms with E-state index in [0.29, 0.717) is 6.54 Å². The number of nitrogens with zero attached hydrogens (tertiary/aromatic N) is 3. The molecule has 2 aliphatic heterocycles. The van der Waals surface area contributed by atoms with Gasteiger partial charge in [0.05, 0.1) is 0 Å². The Bertz CT molecular complexity index is 1170. The molecule has 1 saturated heterocycles. The average molecular weight is 525 g/mol. The Hall–Kier alpha value is -3.15. The predicted octanol–water partition coefficient (Wildman–Crippen LogP) is 5.38. The number of nitrogens with one attached hydrogen (secondary N) is 1.